The molecule has 0 saturated heterocycles. The number of thiophene rings is 1. The van der Waals surface area contributed by atoms with E-state index in [9.17, 15) is 9.18 Å². The monoisotopic (exact) mass is 315 g/mol. The van der Waals surface area contributed by atoms with Crippen molar-refractivity contribution in [1.29, 1.82) is 0 Å². The van der Waals surface area contributed by atoms with Crippen LogP contribution in [0.2, 0.25) is 0 Å². The molecule has 0 atom stereocenters. The van der Waals surface area contributed by atoms with Crippen molar-refractivity contribution in [3.8, 4) is 10.7 Å². The Morgan fingerprint density at radius 1 is 1.27 bits per heavy atom. The molecule has 0 bridgehead atoms. The first-order valence-electron chi connectivity index (χ1n) is 7.20. The van der Waals surface area contributed by atoms with Crippen LogP contribution in [0.5, 0.6) is 0 Å². The molecule has 3 aromatic rings. The molecular weight excluding hydrogens is 301 g/mol. The molecule has 2 aromatic heterocycles. The van der Waals surface area contributed by atoms with Gasteiger partial charge in [0.2, 0.25) is 0 Å². The van der Waals surface area contributed by atoms with Crippen LogP contribution >= 0.6 is 11.3 Å². The Bertz CT molecular complexity index is 862. The molecule has 0 N–H and O–H groups in total. The number of rotatable bonds is 4. The van der Waals surface area contributed by atoms with Crippen molar-refractivity contribution in [1.82, 2.24) is 14.3 Å². The van der Waals surface area contributed by atoms with Crippen molar-refractivity contribution in [3.63, 3.8) is 0 Å². The first kappa shape index (κ1) is 13.5. The average Bonchev–Trinajstić information content (AvgIpc) is 3.08. The highest BCUT2D eigenvalue weighted by Gasteiger charge is 2.30. The van der Waals surface area contributed by atoms with Gasteiger partial charge in [-0.15, -0.1) is 16.4 Å². The topological polar surface area (TPSA) is 39.8 Å². The van der Waals surface area contributed by atoms with Gasteiger partial charge in [-0.2, -0.15) is 0 Å². The summed E-state index contributed by atoms with van der Waals surface area (Å²) in [5, 5.41) is 6.47. The SMILES string of the molecule is O=c1n(Cc2cccc(F)c2)nc(-c2cccs2)n1C1CC1. The van der Waals surface area contributed by atoms with Crippen molar-refractivity contribution in [2.45, 2.75) is 25.4 Å². The van der Waals surface area contributed by atoms with Gasteiger partial charge >= 0.3 is 5.69 Å². The van der Waals surface area contributed by atoms with Crippen molar-refractivity contribution in [3.05, 3.63) is 63.6 Å². The number of hydrogen-bond acceptors (Lipinski definition) is 3. The second kappa shape index (κ2) is 5.21. The Labute approximate surface area is 130 Å². The Morgan fingerprint density at radius 2 is 2.14 bits per heavy atom. The molecule has 0 aliphatic heterocycles. The van der Waals surface area contributed by atoms with E-state index >= 15 is 0 Å². The van der Waals surface area contributed by atoms with E-state index in [-0.39, 0.29) is 24.1 Å². The lowest BCUT2D eigenvalue weighted by atomic mass is 10.2. The highest BCUT2D eigenvalue weighted by Crippen LogP contribution is 2.37. The fourth-order valence-corrected chi connectivity index (χ4v) is 3.27. The minimum Gasteiger partial charge on any atom is -0.271 e. The Balaban J connectivity index is 1.77. The van der Waals surface area contributed by atoms with E-state index in [1.165, 1.54) is 16.8 Å². The molecule has 1 aliphatic rings. The molecule has 1 fully saturated rings. The molecule has 1 saturated carbocycles. The smallest absolute Gasteiger partial charge is 0.271 e. The molecule has 1 aromatic carbocycles. The van der Waals surface area contributed by atoms with Crippen LogP contribution in [0.25, 0.3) is 10.7 Å². The third-order valence-electron chi connectivity index (χ3n) is 3.75. The fraction of sp³-hybridized carbons (Fsp3) is 0.250. The van der Waals surface area contributed by atoms with E-state index < -0.39 is 0 Å². The number of nitrogens with zero attached hydrogens (tertiary/aromatic N) is 3. The lowest BCUT2D eigenvalue weighted by molar-refractivity contribution is 0.607. The largest absolute Gasteiger partial charge is 0.346 e. The Hall–Kier alpha value is -2.21. The second-order valence-electron chi connectivity index (χ2n) is 5.47. The van der Waals surface area contributed by atoms with E-state index in [1.54, 1.807) is 28.0 Å². The van der Waals surface area contributed by atoms with E-state index in [1.807, 2.05) is 17.5 Å². The third kappa shape index (κ3) is 2.39. The predicted octanol–water partition coefficient (Wildman–Crippen LogP) is 3.30. The summed E-state index contributed by atoms with van der Waals surface area (Å²) in [6.07, 6.45) is 2.04. The van der Waals surface area contributed by atoms with Crippen molar-refractivity contribution >= 4 is 11.3 Å². The standard InChI is InChI=1S/C16H14FN3OS/c17-12-4-1-3-11(9-12)10-19-16(21)20(13-6-7-13)15(18-19)14-5-2-8-22-14/h1-5,8-9,13H,6-7,10H2. The van der Waals surface area contributed by atoms with E-state index in [0.717, 1.165) is 29.1 Å². The summed E-state index contributed by atoms with van der Waals surface area (Å²) in [4.78, 5) is 13.6. The number of hydrogen-bond donors (Lipinski definition) is 0. The van der Waals surface area contributed by atoms with Gasteiger partial charge in [0.1, 0.15) is 5.82 Å². The van der Waals surface area contributed by atoms with Crippen LogP contribution in [-0.2, 0) is 6.54 Å². The van der Waals surface area contributed by atoms with Crippen LogP contribution < -0.4 is 5.69 Å². The summed E-state index contributed by atoms with van der Waals surface area (Å²) in [5.74, 6) is 0.421. The van der Waals surface area contributed by atoms with Gasteiger partial charge in [0.15, 0.2) is 5.82 Å². The van der Waals surface area contributed by atoms with Crippen LogP contribution in [0.4, 0.5) is 4.39 Å². The molecule has 0 radical (unpaired) electrons. The molecule has 112 valence electrons. The molecule has 0 amide bonds. The predicted molar refractivity (Wildman–Crippen MR) is 83.6 cm³/mol. The Morgan fingerprint density at radius 3 is 2.82 bits per heavy atom. The summed E-state index contributed by atoms with van der Waals surface area (Å²) in [7, 11) is 0. The maximum Gasteiger partial charge on any atom is 0.346 e. The van der Waals surface area contributed by atoms with Gasteiger partial charge in [-0.1, -0.05) is 18.2 Å². The first-order valence-corrected chi connectivity index (χ1v) is 8.08. The van der Waals surface area contributed by atoms with Crippen molar-refractivity contribution < 1.29 is 4.39 Å². The highest BCUT2D eigenvalue weighted by molar-refractivity contribution is 7.13. The zero-order chi connectivity index (χ0) is 15.1. The molecule has 2 heterocycles. The van der Waals surface area contributed by atoms with Crippen LogP contribution in [-0.4, -0.2) is 14.3 Å². The molecule has 4 nitrogen and oxygen atoms in total. The Kier molecular flexibility index (Phi) is 3.18. The summed E-state index contributed by atoms with van der Waals surface area (Å²) in [6.45, 7) is 0.286. The van der Waals surface area contributed by atoms with E-state index in [0.29, 0.717) is 0 Å². The van der Waals surface area contributed by atoms with Crippen LogP contribution in [0.1, 0.15) is 24.4 Å². The number of benzene rings is 1. The van der Waals surface area contributed by atoms with Gasteiger partial charge in [0, 0.05) is 6.04 Å². The summed E-state index contributed by atoms with van der Waals surface area (Å²) in [5.41, 5.74) is 0.621. The zero-order valence-corrected chi connectivity index (χ0v) is 12.6. The van der Waals surface area contributed by atoms with E-state index in [4.69, 9.17) is 0 Å². The maximum atomic E-state index is 13.3. The van der Waals surface area contributed by atoms with E-state index in [2.05, 4.69) is 5.10 Å². The quantitative estimate of drug-likeness (QED) is 0.741. The highest BCUT2D eigenvalue weighted by atomic mass is 32.1. The van der Waals surface area contributed by atoms with Crippen LogP contribution in [0.3, 0.4) is 0 Å². The molecule has 0 unspecified atom stereocenters. The number of aromatic nitrogens is 3. The maximum absolute atomic E-state index is 13.3. The lowest BCUT2D eigenvalue weighted by Gasteiger charge is -2.00. The van der Waals surface area contributed by atoms with Gasteiger partial charge in [0.25, 0.3) is 0 Å². The molecule has 0 spiro atoms. The van der Waals surface area contributed by atoms with Crippen molar-refractivity contribution in [2.75, 3.05) is 0 Å². The van der Waals surface area contributed by atoms with Gasteiger partial charge in [0.05, 0.1) is 11.4 Å². The van der Waals surface area contributed by atoms with Crippen molar-refractivity contribution in [2.24, 2.45) is 0 Å². The molecule has 6 heteroatoms. The lowest BCUT2D eigenvalue weighted by Crippen LogP contribution is -2.25. The fourth-order valence-electron chi connectivity index (χ4n) is 2.57. The van der Waals surface area contributed by atoms with Crippen LogP contribution in [0, 0.1) is 5.82 Å². The molecule has 22 heavy (non-hydrogen) atoms. The molecular formula is C16H14FN3OS. The van der Waals surface area contributed by atoms with Crippen LogP contribution in [0.15, 0.2) is 46.6 Å². The molecule has 4 rings (SSSR count). The molecule has 1 aliphatic carbocycles. The van der Waals surface area contributed by atoms with Gasteiger partial charge in [-0.25, -0.2) is 13.9 Å². The third-order valence-corrected chi connectivity index (χ3v) is 4.61. The summed E-state index contributed by atoms with van der Waals surface area (Å²) >= 11 is 1.57. The normalized spacial score (nSPS) is 14.4. The summed E-state index contributed by atoms with van der Waals surface area (Å²) in [6, 6.07) is 10.5. The van der Waals surface area contributed by atoms with Gasteiger partial charge in [-0.3, -0.25) is 4.57 Å². The second-order valence-corrected chi connectivity index (χ2v) is 6.42. The van der Waals surface area contributed by atoms with Gasteiger partial charge < -0.3 is 0 Å². The summed E-state index contributed by atoms with van der Waals surface area (Å²) < 4.78 is 16.5. The zero-order valence-electron chi connectivity index (χ0n) is 11.8. The average molecular weight is 315 g/mol. The minimum absolute atomic E-state index is 0.116. The minimum atomic E-state index is -0.300. The first-order chi connectivity index (χ1) is 10.7. The van der Waals surface area contributed by atoms with Gasteiger partial charge in [-0.05, 0) is 42.0 Å². The number of halogens is 1.